The number of ether oxygens (including phenoxy) is 1. The normalized spacial score (nSPS) is 11.1. The summed E-state index contributed by atoms with van der Waals surface area (Å²) in [5.74, 6) is 1.49. The zero-order chi connectivity index (χ0) is 15.4. The zero-order valence-corrected chi connectivity index (χ0v) is 12.3. The molecule has 0 fully saturated rings. The van der Waals surface area contributed by atoms with Crippen molar-refractivity contribution in [1.82, 2.24) is 0 Å². The molecule has 3 aromatic rings. The molecule has 0 radical (unpaired) electrons. The van der Waals surface area contributed by atoms with E-state index >= 15 is 0 Å². The zero-order valence-electron chi connectivity index (χ0n) is 12.3. The summed E-state index contributed by atoms with van der Waals surface area (Å²) in [7, 11) is 1.65. The molecule has 0 aliphatic heterocycles. The molecule has 0 saturated carbocycles. The average molecular weight is 292 g/mol. The molecule has 0 saturated heterocycles. The Morgan fingerprint density at radius 1 is 1.09 bits per heavy atom. The Labute approximate surface area is 128 Å². The van der Waals surface area contributed by atoms with Gasteiger partial charge in [-0.05, 0) is 29.8 Å². The number of hydrogen-bond donors (Lipinski definition) is 0. The second kappa shape index (κ2) is 6.31. The van der Waals surface area contributed by atoms with E-state index < -0.39 is 0 Å². The maximum Gasteiger partial charge on any atom is 0.192 e. The first-order chi connectivity index (χ1) is 10.8. The Morgan fingerprint density at radius 3 is 2.64 bits per heavy atom. The van der Waals surface area contributed by atoms with Crippen LogP contribution in [0.2, 0.25) is 0 Å². The molecule has 3 nitrogen and oxygen atoms in total. The Bertz CT molecular complexity index is 858. The SMILES string of the molecule is COc1ccc(C=CCc2cc(=O)c3ccccc3o2)cc1. The fourth-order valence-corrected chi connectivity index (χ4v) is 2.28. The van der Waals surface area contributed by atoms with Gasteiger partial charge >= 0.3 is 0 Å². The molecule has 1 heterocycles. The molecule has 110 valence electrons. The van der Waals surface area contributed by atoms with Crippen LogP contribution in [0.4, 0.5) is 0 Å². The highest BCUT2D eigenvalue weighted by Gasteiger charge is 2.02. The molecule has 0 aliphatic carbocycles. The van der Waals surface area contributed by atoms with Crippen LogP contribution in [0.5, 0.6) is 5.75 Å². The molecule has 0 atom stereocenters. The van der Waals surface area contributed by atoms with E-state index in [1.54, 1.807) is 19.2 Å². The Hall–Kier alpha value is -2.81. The highest BCUT2D eigenvalue weighted by atomic mass is 16.5. The molecule has 0 unspecified atom stereocenters. The van der Waals surface area contributed by atoms with Crippen LogP contribution in [0.15, 0.2) is 69.9 Å². The summed E-state index contributed by atoms with van der Waals surface area (Å²) in [5, 5.41) is 0.616. The first-order valence-corrected chi connectivity index (χ1v) is 7.08. The van der Waals surface area contributed by atoms with Gasteiger partial charge in [-0.3, -0.25) is 4.79 Å². The molecule has 2 aromatic carbocycles. The van der Waals surface area contributed by atoms with Crippen LogP contribution >= 0.6 is 0 Å². The van der Waals surface area contributed by atoms with Crippen molar-refractivity contribution in [3.05, 3.63) is 82.2 Å². The van der Waals surface area contributed by atoms with E-state index in [2.05, 4.69) is 0 Å². The summed E-state index contributed by atoms with van der Waals surface area (Å²) in [6.07, 6.45) is 4.55. The Morgan fingerprint density at radius 2 is 1.86 bits per heavy atom. The van der Waals surface area contributed by atoms with Crippen molar-refractivity contribution >= 4 is 17.0 Å². The minimum atomic E-state index is -0.00491. The van der Waals surface area contributed by atoms with Crippen molar-refractivity contribution < 1.29 is 9.15 Å². The maximum absolute atomic E-state index is 12.0. The monoisotopic (exact) mass is 292 g/mol. The molecular formula is C19H16O3. The number of hydrogen-bond acceptors (Lipinski definition) is 3. The second-order valence-electron chi connectivity index (χ2n) is 4.95. The number of allylic oxidation sites excluding steroid dienone is 1. The predicted octanol–water partition coefficient (Wildman–Crippen LogP) is 4.06. The van der Waals surface area contributed by atoms with Crippen LogP contribution in [0, 0.1) is 0 Å². The van der Waals surface area contributed by atoms with Gasteiger partial charge in [0, 0.05) is 12.5 Å². The summed E-state index contributed by atoms with van der Waals surface area (Å²) in [6.45, 7) is 0. The van der Waals surface area contributed by atoms with E-state index in [1.807, 2.05) is 54.6 Å². The van der Waals surface area contributed by atoms with E-state index in [0.29, 0.717) is 23.2 Å². The van der Waals surface area contributed by atoms with Crippen LogP contribution in [0.1, 0.15) is 11.3 Å². The van der Waals surface area contributed by atoms with E-state index in [4.69, 9.17) is 9.15 Å². The quantitative estimate of drug-likeness (QED) is 0.728. The van der Waals surface area contributed by atoms with Crippen LogP contribution in [0.25, 0.3) is 17.0 Å². The number of methoxy groups -OCH3 is 1. The van der Waals surface area contributed by atoms with Gasteiger partial charge < -0.3 is 9.15 Å². The molecular weight excluding hydrogens is 276 g/mol. The van der Waals surface area contributed by atoms with E-state index in [0.717, 1.165) is 11.3 Å². The van der Waals surface area contributed by atoms with Crippen molar-refractivity contribution in [3.63, 3.8) is 0 Å². The lowest BCUT2D eigenvalue weighted by Crippen LogP contribution is -2.01. The third-order valence-electron chi connectivity index (χ3n) is 3.43. The molecule has 0 aliphatic rings. The average Bonchev–Trinajstić information content (AvgIpc) is 2.56. The summed E-state index contributed by atoms with van der Waals surface area (Å²) in [4.78, 5) is 12.0. The topological polar surface area (TPSA) is 39.4 Å². The third kappa shape index (κ3) is 3.09. The molecule has 0 amide bonds. The first kappa shape index (κ1) is 14.1. The number of fused-ring (bicyclic) bond motifs is 1. The van der Waals surface area contributed by atoms with E-state index in [1.165, 1.54) is 0 Å². The molecule has 0 N–H and O–H groups in total. The predicted molar refractivity (Wildman–Crippen MR) is 88.2 cm³/mol. The smallest absolute Gasteiger partial charge is 0.192 e. The van der Waals surface area contributed by atoms with Crippen LogP contribution < -0.4 is 10.2 Å². The minimum absolute atomic E-state index is 0.00491. The fraction of sp³-hybridized carbons (Fsp3) is 0.105. The van der Waals surface area contributed by atoms with Gasteiger partial charge in [0.05, 0.1) is 12.5 Å². The first-order valence-electron chi connectivity index (χ1n) is 7.08. The van der Waals surface area contributed by atoms with E-state index in [9.17, 15) is 4.79 Å². The summed E-state index contributed by atoms with van der Waals surface area (Å²) < 4.78 is 10.9. The largest absolute Gasteiger partial charge is 0.497 e. The van der Waals surface area contributed by atoms with Gasteiger partial charge in [-0.1, -0.05) is 36.4 Å². The molecule has 22 heavy (non-hydrogen) atoms. The highest BCUT2D eigenvalue weighted by molar-refractivity contribution is 5.76. The molecule has 3 rings (SSSR count). The number of para-hydroxylation sites is 1. The van der Waals surface area contributed by atoms with Crippen LogP contribution in [-0.4, -0.2) is 7.11 Å². The van der Waals surface area contributed by atoms with Gasteiger partial charge in [0.15, 0.2) is 5.43 Å². The Kier molecular flexibility index (Phi) is 4.05. The summed E-state index contributed by atoms with van der Waals surface area (Å²) >= 11 is 0. The van der Waals surface area contributed by atoms with Gasteiger partial charge in [-0.2, -0.15) is 0 Å². The molecule has 3 heteroatoms. The number of rotatable bonds is 4. The lowest BCUT2D eigenvalue weighted by atomic mass is 10.1. The fourth-order valence-electron chi connectivity index (χ4n) is 2.28. The van der Waals surface area contributed by atoms with Gasteiger partial charge in [-0.15, -0.1) is 0 Å². The van der Waals surface area contributed by atoms with Crippen molar-refractivity contribution in [1.29, 1.82) is 0 Å². The molecule has 1 aromatic heterocycles. The second-order valence-corrected chi connectivity index (χ2v) is 4.95. The van der Waals surface area contributed by atoms with Gasteiger partial charge in [0.2, 0.25) is 0 Å². The van der Waals surface area contributed by atoms with Crippen molar-refractivity contribution in [2.24, 2.45) is 0 Å². The van der Waals surface area contributed by atoms with Crippen molar-refractivity contribution in [3.8, 4) is 5.75 Å². The van der Waals surface area contributed by atoms with Crippen molar-refractivity contribution in [2.45, 2.75) is 6.42 Å². The maximum atomic E-state index is 12.0. The minimum Gasteiger partial charge on any atom is -0.497 e. The standard InChI is InChI=1S/C19H16O3/c1-21-15-11-9-14(10-12-15)5-4-6-16-13-18(20)17-7-2-3-8-19(17)22-16/h2-5,7-13H,6H2,1H3. The molecule has 0 spiro atoms. The van der Waals surface area contributed by atoms with Gasteiger partial charge in [-0.25, -0.2) is 0 Å². The van der Waals surface area contributed by atoms with Crippen LogP contribution in [-0.2, 0) is 6.42 Å². The van der Waals surface area contributed by atoms with Gasteiger partial charge in [0.25, 0.3) is 0 Å². The highest BCUT2D eigenvalue weighted by Crippen LogP contribution is 2.14. The lowest BCUT2D eigenvalue weighted by Gasteiger charge is -2.01. The third-order valence-corrected chi connectivity index (χ3v) is 3.43. The summed E-state index contributed by atoms with van der Waals surface area (Å²) in [5.41, 5.74) is 1.70. The van der Waals surface area contributed by atoms with E-state index in [-0.39, 0.29) is 5.43 Å². The lowest BCUT2D eigenvalue weighted by molar-refractivity contribution is 0.415. The summed E-state index contributed by atoms with van der Waals surface area (Å²) in [6, 6.07) is 16.6. The van der Waals surface area contributed by atoms with Crippen LogP contribution in [0.3, 0.4) is 0 Å². The molecule has 0 bridgehead atoms. The van der Waals surface area contributed by atoms with Gasteiger partial charge in [0.1, 0.15) is 17.1 Å². The van der Waals surface area contributed by atoms with Crippen molar-refractivity contribution in [2.75, 3.05) is 7.11 Å². The number of benzene rings is 2. The Balaban J connectivity index is 1.78.